The summed E-state index contributed by atoms with van der Waals surface area (Å²) in [6.07, 6.45) is 3.68. The maximum Gasteiger partial charge on any atom is 0.236 e. The molecule has 1 N–H and O–H groups in total. The topological polar surface area (TPSA) is 60.5 Å². The lowest BCUT2D eigenvalue weighted by molar-refractivity contribution is -0.118. The minimum Gasteiger partial charge on any atom is -0.454 e. The lowest BCUT2D eigenvalue weighted by Gasteiger charge is -2.15. The van der Waals surface area contributed by atoms with E-state index in [2.05, 4.69) is 10.3 Å². The summed E-state index contributed by atoms with van der Waals surface area (Å²) in [5.74, 6) is 0.957. The third-order valence-electron chi connectivity index (χ3n) is 5.26. The molecule has 1 aliphatic heterocycles. The van der Waals surface area contributed by atoms with Crippen LogP contribution in [0.2, 0.25) is 5.02 Å². The quantitative estimate of drug-likeness (QED) is 0.623. The summed E-state index contributed by atoms with van der Waals surface area (Å²) in [5.41, 5.74) is 1.05. The van der Waals surface area contributed by atoms with E-state index in [1.807, 2.05) is 18.2 Å². The standard InChI is InChI=1S/C21H16ClFN2O3S/c22-16-3-2-14(23)7-12(16)8-15-10-24-20(29-15)25-19(26)21(5-6-21)13-1-4-17-18(9-13)28-11-27-17/h1-4,7,9-10H,5-6,8,11H2,(H,24,25,26). The third-order valence-corrected chi connectivity index (χ3v) is 6.54. The SMILES string of the molecule is O=C(Nc1ncc(Cc2cc(F)ccc2Cl)s1)C1(c2ccc3c(c2)OCO3)CC1. The number of nitrogens with one attached hydrogen (secondary N) is 1. The Morgan fingerprint density at radius 3 is 2.86 bits per heavy atom. The molecule has 2 aromatic carbocycles. The highest BCUT2D eigenvalue weighted by atomic mass is 35.5. The minimum atomic E-state index is -0.557. The number of ether oxygens (including phenoxy) is 2. The van der Waals surface area contributed by atoms with E-state index in [0.29, 0.717) is 33.6 Å². The Morgan fingerprint density at radius 2 is 2.03 bits per heavy atom. The molecule has 1 saturated carbocycles. The van der Waals surface area contributed by atoms with Gasteiger partial charge >= 0.3 is 0 Å². The van der Waals surface area contributed by atoms with Crippen molar-refractivity contribution in [3.63, 3.8) is 0 Å². The maximum absolute atomic E-state index is 13.5. The average molecular weight is 431 g/mol. The number of carbonyl (C=O) groups is 1. The number of halogens is 2. The summed E-state index contributed by atoms with van der Waals surface area (Å²) < 4.78 is 24.2. The van der Waals surface area contributed by atoms with Crippen LogP contribution >= 0.6 is 22.9 Å². The fourth-order valence-corrected chi connectivity index (χ4v) is 4.51. The lowest BCUT2D eigenvalue weighted by atomic mass is 9.94. The first-order valence-electron chi connectivity index (χ1n) is 9.14. The molecular formula is C21H16ClFN2O3S. The molecule has 8 heteroatoms. The number of aromatic nitrogens is 1. The van der Waals surface area contributed by atoms with Crippen LogP contribution in [0.1, 0.15) is 28.8 Å². The van der Waals surface area contributed by atoms with Crippen LogP contribution in [0.3, 0.4) is 0 Å². The summed E-state index contributed by atoms with van der Waals surface area (Å²) >= 11 is 7.50. The van der Waals surface area contributed by atoms with Crippen LogP contribution in [-0.4, -0.2) is 17.7 Å². The van der Waals surface area contributed by atoms with Gasteiger partial charge in [-0.3, -0.25) is 4.79 Å². The fraction of sp³-hybridized carbons (Fsp3) is 0.238. The van der Waals surface area contributed by atoms with Crippen molar-refractivity contribution in [3.05, 3.63) is 69.4 Å². The summed E-state index contributed by atoms with van der Waals surface area (Å²) in [6.45, 7) is 0.204. The van der Waals surface area contributed by atoms with Crippen LogP contribution < -0.4 is 14.8 Å². The van der Waals surface area contributed by atoms with Crippen LogP contribution in [-0.2, 0) is 16.6 Å². The number of fused-ring (bicyclic) bond motifs is 1. The Labute approximate surface area is 175 Å². The molecule has 0 unspecified atom stereocenters. The van der Waals surface area contributed by atoms with E-state index in [1.54, 1.807) is 6.20 Å². The number of hydrogen-bond donors (Lipinski definition) is 1. The van der Waals surface area contributed by atoms with Gasteiger partial charge in [-0.05, 0) is 54.3 Å². The number of anilines is 1. The maximum atomic E-state index is 13.5. The largest absolute Gasteiger partial charge is 0.454 e. The molecule has 2 heterocycles. The number of hydrogen-bond acceptors (Lipinski definition) is 5. The smallest absolute Gasteiger partial charge is 0.236 e. The molecule has 1 fully saturated rings. The summed E-state index contributed by atoms with van der Waals surface area (Å²) in [6, 6.07) is 9.93. The predicted octanol–water partition coefficient (Wildman–Crippen LogP) is 4.93. The zero-order valence-corrected chi connectivity index (χ0v) is 16.8. The summed E-state index contributed by atoms with van der Waals surface area (Å²) in [5, 5.41) is 3.96. The Hall–Kier alpha value is -2.64. The van der Waals surface area contributed by atoms with Gasteiger partial charge < -0.3 is 14.8 Å². The second-order valence-electron chi connectivity index (χ2n) is 7.15. The van der Waals surface area contributed by atoms with Gasteiger partial charge in [-0.1, -0.05) is 17.7 Å². The van der Waals surface area contributed by atoms with Gasteiger partial charge in [-0.25, -0.2) is 9.37 Å². The van der Waals surface area contributed by atoms with E-state index >= 15 is 0 Å². The number of amides is 1. The Bertz CT molecular complexity index is 1110. The first kappa shape index (κ1) is 18.4. The lowest BCUT2D eigenvalue weighted by Crippen LogP contribution is -2.27. The number of carbonyl (C=O) groups excluding carboxylic acids is 1. The van der Waals surface area contributed by atoms with Crippen LogP contribution in [0.4, 0.5) is 9.52 Å². The van der Waals surface area contributed by atoms with E-state index in [-0.39, 0.29) is 18.5 Å². The van der Waals surface area contributed by atoms with Crippen LogP contribution in [0.15, 0.2) is 42.6 Å². The monoisotopic (exact) mass is 430 g/mol. The third kappa shape index (κ3) is 3.45. The minimum absolute atomic E-state index is 0.0824. The van der Waals surface area contributed by atoms with E-state index in [4.69, 9.17) is 21.1 Å². The van der Waals surface area contributed by atoms with Crippen molar-refractivity contribution in [2.75, 3.05) is 12.1 Å². The second-order valence-corrected chi connectivity index (χ2v) is 8.67. The van der Waals surface area contributed by atoms with Crippen molar-refractivity contribution in [2.45, 2.75) is 24.7 Å². The molecule has 1 aliphatic carbocycles. The van der Waals surface area contributed by atoms with Crippen LogP contribution in [0.5, 0.6) is 11.5 Å². The molecule has 3 aromatic rings. The number of nitrogens with zero attached hydrogens (tertiary/aromatic N) is 1. The molecule has 1 amide bonds. The van der Waals surface area contributed by atoms with Gasteiger partial charge in [-0.15, -0.1) is 11.3 Å². The van der Waals surface area contributed by atoms with Gasteiger partial charge in [0, 0.05) is 22.5 Å². The van der Waals surface area contributed by atoms with Crippen molar-refractivity contribution in [3.8, 4) is 11.5 Å². The highest BCUT2D eigenvalue weighted by Gasteiger charge is 2.52. The number of thiazole rings is 1. The van der Waals surface area contributed by atoms with Gasteiger partial charge in [-0.2, -0.15) is 0 Å². The van der Waals surface area contributed by atoms with E-state index in [1.165, 1.54) is 29.5 Å². The van der Waals surface area contributed by atoms with Gasteiger partial charge in [0.25, 0.3) is 0 Å². The first-order chi connectivity index (χ1) is 14.0. The molecular weight excluding hydrogens is 415 g/mol. The molecule has 1 aromatic heterocycles. The van der Waals surface area contributed by atoms with Crippen molar-refractivity contribution < 1.29 is 18.7 Å². The molecule has 0 spiro atoms. The highest BCUT2D eigenvalue weighted by molar-refractivity contribution is 7.15. The summed E-state index contributed by atoms with van der Waals surface area (Å²) in [7, 11) is 0. The molecule has 0 bridgehead atoms. The molecule has 5 rings (SSSR count). The van der Waals surface area contributed by atoms with E-state index in [0.717, 1.165) is 23.3 Å². The Kier molecular flexibility index (Phi) is 4.44. The average Bonchev–Trinajstić information content (AvgIpc) is 3.19. The van der Waals surface area contributed by atoms with E-state index in [9.17, 15) is 9.18 Å². The fourth-order valence-electron chi connectivity index (χ4n) is 3.50. The first-order valence-corrected chi connectivity index (χ1v) is 10.3. The molecule has 0 atom stereocenters. The van der Waals surface area contributed by atoms with Crippen molar-refractivity contribution in [1.29, 1.82) is 0 Å². The Balaban J connectivity index is 1.31. The van der Waals surface area contributed by atoms with Crippen LogP contribution in [0.25, 0.3) is 0 Å². The van der Waals surface area contributed by atoms with Crippen molar-refractivity contribution >= 4 is 34.0 Å². The molecule has 148 valence electrons. The normalized spacial score (nSPS) is 15.9. The second kappa shape index (κ2) is 7.00. The molecule has 2 aliphatic rings. The van der Waals surface area contributed by atoms with Gasteiger partial charge in [0.05, 0.1) is 5.41 Å². The molecule has 0 radical (unpaired) electrons. The van der Waals surface area contributed by atoms with Crippen molar-refractivity contribution in [1.82, 2.24) is 4.98 Å². The Morgan fingerprint density at radius 1 is 1.21 bits per heavy atom. The zero-order valence-electron chi connectivity index (χ0n) is 15.2. The van der Waals surface area contributed by atoms with Gasteiger partial charge in [0.2, 0.25) is 12.7 Å². The molecule has 5 nitrogen and oxygen atoms in total. The zero-order chi connectivity index (χ0) is 20.0. The number of benzene rings is 2. The van der Waals surface area contributed by atoms with Crippen molar-refractivity contribution in [2.24, 2.45) is 0 Å². The van der Waals surface area contributed by atoms with Gasteiger partial charge in [0.15, 0.2) is 16.6 Å². The van der Waals surface area contributed by atoms with Crippen LogP contribution in [0, 0.1) is 5.82 Å². The predicted molar refractivity (Wildman–Crippen MR) is 108 cm³/mol. The highest BCUT2D eigenvalue weighted by Crippen LogP contribution is 2.51. The molecule has 0 saturated heterocycles. The summed E-state index contributed by atoms with van der Waals surface area (Å²) in [4.78, 5) is 18.2. The molecule has 29 heavy (non-hydrogen) atoms. The van der Waals surface area contributed by atoms with E-state index < -0.39 is 5.41 Å². The van der Waals surface area contributed by atoms with Gasteiger partial charge in [0.1, 0.15) is 5.82 Å². The number of rotatable bonds is 5.